The standard InChI is InChI=1S/C15H24N2O/c1-2-18-15-8-11-17(12-9-15)13-10-16-14-6-4-3-5-7-14/h3-7,15-16H,2,8-13H2,1H3. The number of nitrogens with zero attached hydrogens (tertiary/aromatic N) is 1. The van der Waals surface area contributed by atoms with E-state index in [1.807, 2.05) is 6.07 Å². The first-order valence-electron chi connectivity index (χ1n) is 7.01. The van der Waals surface area contributed by atoms with E-state index in [9.17, 15) is 0 Å². The predicted molar refractivity (Wildman–Crippen MR) is 76.0 cm³/mol. The van der Waals surface area contributed by atoms with Crippen molar-refractivity contribution in [3.8, 4) is 0 Å². The molecule has 2 rings (SSSR count). The first-order valence-corrected chi connectivity index (χ1v) is 7.01. The highest BCUT2D eigenvalue weighted by atomic mass is 16.5. The van der Waals surface area contributed by atoms with Crippen LogP contribution in [0.25, 0.3) is 0 Å². The fraction of sp³-hybridized carbons (Fsp3) is 0.600. The van der Waals surface area contributed by atoms with Crippen LogP contribution in [0.3, 0.4) is 0 Å². The molecule has 1 aliphatic heterocycles. The van der Waals surface area contributed by atoms with Crippen LogP contribution in [-0.4, -0.2) is 43.8 Å². The zero-order valence-electron chi connectivity index (χ0n) is 11.3. The lowest BCUT2D eigenvalue weighted by Crippen LogP contribution is -2.39. The number of nitrogens with one attached hydrogen (secondary N) is 1. The Bertz CT molecular complexity index is 321. The molecule has 1 saturated heterocycles. The molecule has 0 atom stereocenters. The number of likely N-dealkylation sites (tertiary alicyclic amines) is 1. The van der Waals surface area contributed by atoms with Crippen LogP contribution in [0.1, 0.15) is 19.8 Å². The second kappa shape index (κ2) is 7.39. The summed E-state index contributed by atoms with van der Waals surface area (Å²) in [6, 6.07) is 10.4. The molecule has 0 aromatic heterocycles. The third kappa shape index (κ3) is 4.31. The normalized spacial score (nSPS) is 17.8. The Hall–Kier alpha value is -1.06. The van der Waals surface area contributed by atoms with Gasteiger partial charge < -0.3 is 15.0 Å². The average molecular weight is 248 g/mol. The summed E-state index contributed by atoms with van der Waals surface area (Å²) in [6.45, 7) is 7.40. The van der Waals surface area contributed by atoms with E-state index in [2.05, 4.69) is 41.4 Å². The average Bonchev–Trinajstić information content (AvgIpc) is 2.42. The smallest absolute Gasteiger partial charge is 0.0599 e. The van der Waals surface area contributed by atoms with E-state index < -0.39 is 0 Å². The largest absolute Gasteiger partial charge is 0.384 e. The molecule has 0 radical (unpaired) electrons. The highest BCUT2D eigenvalue weighted by Crippen LogP contribution is 2.13. The molecule has 0 aliphatic carbocycles. The minimum atomic E-state index is 0.494. The Morgan fingerprint density at radius 2 is 1.94 bits per heavy atom. The number of anilines is 1. The van der Waals surface area contributed by atoms with Crippen LogP contribution in [0.5, 0.6) is 0 Å². The lowest BCUT2D eigenvalue weighted by Gasteiger charge is -2.31. The fourth-order valence-corrected chi connectivity index (χ4v) is 2.45. The summed E-state index contributed by atoms with van der Waals surface area (Å²) < 4.78 is 5.66. The van der Waals surface area contributed by atoms with Gasteiger partial charge in [-0.25, -0.2) is 0 Å². The van der Waals surface area contributed by atoms with Crippen molar-refractivity contribution < 1.29 is 4.74 Å². The van der Waals surface area contributed by atoms with E-state index in [0.29, 0.717) is 6.10 Å². The number of hydrogen-bond donors (Lipinski definition) is 1. The summed E-state index contributed by atoms with van der Waals surface area (Å²) in [4.78, 5) is 2.52. The summed E-state index contributed by atoms with van der Waals surface area (Å²) >= 11 is 0. The molecule has 18 heavy (non-hydrogen) atoms. The Morgan fingerprint density at radius 3 is 2.61 bits per heavy atom. The second-order valence-corrected chi connectivity index (χ2v) is 4.79. The van der Waals surface area contributed by atoms with Crippen molar-refractivity contribution in [1.82, 2.24) is 4.90 Å². The summed E-state index contributed by atoms with van der Waals surface area (Å²) in [5, 5.41) is 3.46. The van der Waals surface area contributed by atoms with Crippen molar-refractivity contribution in [2.45, 2.75) is 25.9 Å². The molecule has 100 valence electrons. The Morgan fingerprint density at radius 1 is 1.22 bits per heavy atom. The van der Waals surface area contributed by atoms with Crippen molar-refractivity contribution in [2.24, 2.45) is 0 Å². The molecule has 0 bridgehead atoms. The van der Waals surface area contributed by atoms with Gasteiger partial charge in [0.2, 0.25) is 0 Å². The van der Waals surface area contributed by atoms with Gasteiger partial charge in [0.1, 0.15) is 0 Å². The maximum absolute atomic E-state index is 5.66. The molecule has 0 saturated carbocycles. The molecule has 3 nitrogen and oxygen atoms in total. The molecule has 0 unspecified atom stereocenters. The van der Waals surface area contributed by atoms with E-state index in [4.69, 9.17) is 4.74 Å². The van der Waals surface area contributed by atoms with Gasteiger partial charge in [-0.3, -0.25) is 0 Å². The maximum Gasteiger partial charge on any atom is 0.0599 e. The van der Waals surface area contributed by atoms with Crippen molar-refractivity contribution >= 4 is 5.69 Å². The first-order chi connectivity index (χ1) is 8.88. The van der Waals surface area contributed by atoms with E-state index >= 15 is 0 Å². The topological polar surface area (TPSA) is 24.5 Å². The third-order valence-corrected chi connectivity index (χ3v) is 3.47. The zero-order valence-corrected chi connectivity index (χ0v) is 11.3. The third-order valence-electron chi connectivity index (χ3n) is 3.47. The van der Waals surface area contributed by atoms with Crippen LogP contribution < -0.4 is 5.32 Å². The molecule has 1 aromatic rings. The summed E-state index contributed by atoms with van der Waals surface area (Å²) in [5.41, 5.74) is 1.21. The summed E-state index contributed by atoms with van der Waals surface area (Å²) in [7, 11) is 0. The van der Waals surface area contributed by atoms with E-state index in [-0.39, 0.29) is 0 Å². The minimum absolute atomic E-state index is 0.494. The molecular weight excluding hydrogens is 224 g/mol. The SMILES string of the molecule is CCOC1CCN(CCNc2ccccc2)CC1. The van der Waals surface area contributed by atoms with Crippen LogP contribution >= 0.6 is 0 Å². The van der Waals surface area contributed by atoms with Crippen LogP contribution in [0.15, 0.2) is 30.3 Å². The van der Waals surface area contributed by atoms with Crippen LogP contribution in [0, 0.1) is 0 Å². The molecule has 1 aliphatic rings. The molecule has 1 heterocycles. The van der Waals surface area contributed by atoms with Crippen LogP contribution in [0.4, 0.5) is 5.69 Å². The van der Waals surface area contributed by atoms with Crippen LogP contribution in [0.2, 0.25) is 0 Å². The highest BCUT2D eigenvalue weighted by molar-refractivity contribution is 5.42. The molecule has 1 fully saturated rings. The van der Waals surface area contributed by atoms with Crippen LogP contribution in [-0.2, 0) is 4.74 Å². The van der Waals surface area contributed by atoms with Gasteiger partial charge in [0, 0.05) is 38.5 Å². The van der Waals surface area contributed by atoms with Gasteiger partial charge in [0.15, 0.2) is 0 Å². The maximum atomic E-state index is 5.66. The molecular formula is C15H24N2O. The number of benzene rings is 1. The van der Waals surface area contributed by atoms with E-state index in [1.54, 1.807) is 0 Å². The zero-order chi connectivity index (χ0) is 12.6. The van der Waals surface area contributed by atoms with Crippen molar-refractivity contribution in [3.05, 3.63) is 30.3 Å². The number of hydrogen-bond acceptors (Lipinski definition) is 3. The molecule has 1 N–H and O–H groups in total. The number of piperidine rings is 1. The molecule has 1 aromatic carbocycles. The first kappa shape index (κ1) is 13.4. The van der Waals surface area contributed by atoms with Gasteiger partial charge in [-0.2, -0.15) is 0 Å². The van der Waals surface area contributed by atoms with Gasteiger partial charge >= 0.3 is 0 Å². The van der Waals surface area contributed by atoms with Crippen molar-refractivity contribution in [2.75, 3.05) is 38.1 Å². The lowest BCUT2D eigenvalue weighted by atomic mass is 10.1. The van der Waals surface area contributed by atoms with Gasteiger partial charge in [-0.1, -0.05) is 18.2 Å². The van der Waals surface area contributed by atoms with Gasteiger partial charge in [-0.05, 0) is 31.9 Å². The van der Waals surface area contributed by atoms with E-state index in [0.717, 1.165) is 19.7 Å². The van der Waals surface area contributed by atoms with Gasteiger partial charge in [0.25, 0.3) is 0 Å². The summed E-state index contributed by atoms with van der Waals surface area (Å²) in [5.74, 6) is 0. The Labute approximate surface area is 110 Å². The molecule has 0 spiro atoms. The van der Waals surface area contributed by atoms with Gasteiger partial charge in [0.05, 0.1) is 6.10 Å². The number of para-hydroxylation sites is 1. The molecule has 0 amide bonds. The van der Waals surface area contributed by atoms with Gasteiger partial charge in [-0.15, -0.1) is 0 Å². The second-order valence-electron chi connectivity index (χ2n) is 4.79. The van der Waals surface area contributed by atoms with Crippen molar-refractivity contribution in [1.29, 1.82) is 0 Å². The monoisotopic (exact) mass is 248 g/mol. The predicted octanol–water partition coefficient (Wildman–Crippen LogP) is 2.60. The highest BCUT2D eigenvalue weighted by Gasteiger charge is 2.18. The molecule has 3 heteroatoms. The fourth-order valence-electron chi connectivity index (χ4n) is 2.45. The lowest BCUT2D eigenvalue weighted by molar-refractivity contribution is 0.0152. The van der Waals surface area contributed by atoms with E-state index in [1.165, 1.54) is 31.6 Å². The van der Waals surface area contributed by atoms with Crippen molar-refractivity contribution in [3.63, 3.8) is 0 Å². The number of ether oxygens (including phenoxy) is 1. The quantitative estimate of drug-likeness (QED) is 0.837. The Balaban J connectivity index is 1.61. The Kier molecular flexibility index (Phi) is 5.49. The summed E-state index contributed by atoms with van der Waals surface area (Å²) in [6.07, 6.45) is 2.85. The minimum Gasteiger partial charge on any atom is -0.384 e. The number of rotatable bonds is 6.